The first-order valence-electron chi connectivity index (χ1n) is 8.69. The van der Waals surface area contributed by atoms with Crippen molar-refractivity contribution in [3.63, 3.8) is 0 Å². The van der Waals surface area contributed by atoms with Crippen LogP contribution >= 0.6 is 11.8 Å². The fourth-order valence-corrected chi connectivity index (χ4v) is 5.03. The highest BCUT2D eigenvalue weighted by molar-refractivity contribution is 7.99. The predicted octanol–water partition coefficient (Wildman–Crippen LogP) is 2.96. The molecule has 6 heteroatoms. The van der Waals surface area contributed by atoms with E-state index in [2.05, 4.69) is 4.98 Å². The average molecular weight is 350 g/mol. The Balaban J connectivity index is 1.87. The maximum Gasteiger partial charge on any atom is 0.270 e. The van der Waals surface area contributed by atoms with Crippen LogP contribution in [0.1, 0.15) is 58.3 Å². The molecule has 0 spiro atoms. The van der Waals surface area contributed by atoms with Gasteiger partial charge in [-0.1, -0.05) is 0 Å². The summed E-state index contributed by atoms with van der Waals surface area (Å²) in [4.78, 5) is 30.3. The molecule has 2 atom stereocenters. The third-order valence-corrected chi connectivity index (χ3v) is 6.18. The highest BCUT2D eigenvalue weighted by Crippen LogP contribution is 2.27. The Kier molecular flexibility index (Phi) is 5.35. The number of hydrogen-bond donors (Lipinski definition) is 1. The predicted molar refractivity (Wildman–Crippen MR) is 96.0 cm³/mol. The van der Waals surface area contributed by atoms with Gasteiger partial charge in [0, 0.05) is 36.2 Å². The van der Waals surface area contributed by atoms with E-state index < -0.39 is 0 Å². The molecule has 5 nitrogen and oxygen atoms in total. The number of carbonyl (C=O) groups is 2. The molecule has 24 heavy (non-hydrogen) atoms. The quantitative estimate of drug-likeness (QED) is 0.830. The topological polar surface area (TPSA) is 62.4 Å². The molecule has 0 saturated carbocycles. The number of H-pyrrole nitrogens is 1. The van der Waals surface area contributed by atoms with Crippen molar-refractivity contribution in [1.29, 1.82) is 0 Å². The molecule has 0 radical (unpaired) electrons. The summed E-state index contributed by atoms with van der Waals surface area (Å²) in [5.41, 5.74) is 2.76. The Morgan fingerprint density at radius 3 is 2.67 bits per heavy atom. The van der Waals surface area contributed by atoms with Gasteiger partial charge in [-0.05, 0) is 51.3 Å². The van der Waals surface area contributed by atoms with Crippen molar-refractivity contribution in [2.45, 2.75) is 52.2 Å². The van der Waals surface area contributed by atoms with Crippen molar-refractivity contribution >= 4 is 23.5 Å². The number of hydrogen-bond acceptors (Lipinski definition) is 4. The van der Waals surface area contributed by atoms with Gasteiger partial charge >= 0.3 is 0 Å². The van der Waals surface area contributed by atoms with Gasteiger partial charge in [-0.3, -0.25) is 9.59 Å². The summed E-state index contributed by atoms with van der Waals surface area (Å²) in [5, 5.41) is 0. The second-order valence-corrected chi connectivity index (χ2v) is 7.94. The van der Waals surface area contributed by atoms with Crippen LogP contribution in [0.15, 0.2) is 0 Å². The van der Waals surface area contributed by atoms with E-state index in [1.165, 1.54) is 0 Å². The van der Waals surface area contributed by atoms with Gasteiger partial charge in [0.25, 0.3) is 5.91 Å². The maximum atomic E-state index is 13.2. The molecule has 2 aliphatic heterocycles. The summed E-state index contributed by atoms with van der Waals surface area (Å²) in [7, 11) is 0. The molecule has 2 fully saturated rings. The number of ketones is 1. The number of aromatic amines is 1. The number of carbonyl (C=O) groups excluding carboxylic acids is 2. The number of nitrogens with one attached hydrogen (secondary N) is 1. The number of aromatic nitrogens is 1. The fourth-order valence-electron chi connectivity index (χ4n) is 3.81. The van der Waals surface area contributed by atoms with Gasteiger partial charge < -0.3 is 14.6 Å². The van der Waals surface area contributed by atoms with E-state index in [1.807, 2.05) is 30.5 Å². The second-order valence-electron chi connectivity index (χ2n) is 6.79. The lowest BCUT2D eigenvalue weighted by atomic mass is 10.1. The van der Waals surface area contributed by atoms with Gasteiger partial charge in [0.15, 0.2) is 5.78 Å². The van der Waals surface area contributed by atoms with Gasteiger partial charge in [-0.15, -0.1) is 0 Å². The first-order chi connectivity index (χ1) is 11.5. The normalized spacial score (nSPS) is 23.6. The monoisotopic (exact) mass is 350 g/mol. The van der Waals surface area contributed by atoms with Crippen molar-refractivity contribution in [3.05, 3.63) is 22.5 Å². The molecule has 1 aromatic heterocycles. The van der Waals surface area contributed by atoms with Crippen molar-refractivity contribution in [1.82, 2.24) is 9.88 Å². The molecular weight excluding hydrogens is 324 g/mol. The third-order valence-electron chi connectivity index (χ3n) is 5.04. The van der Waals surface area contributed by atoms with E-state index in [0.717, 1.165) is 48.6 Å². The smallest absolute Gasteiger partial charge is 0.270 e. The van der Waals surface area contributed by atoms with Crippen LogP contribution in [0.5, 0.6) is 0 Å². The number of amides is 1. The average Bonchev–Trinajstić information content (AvgIpc) is 3.25. The maximum absolute atomic E-state index is 13.2. The minimum absolute atomic E-state index is 0.00222. The van der Waals surface area contributed by atoms with Gasteiger partial charge in [-0.2, -0.15) is 11.8 Å². The minimum Gasteiger partial charge on any atom is -0.376 e. The molecule has 1 aromatic rings. The zero-order valence-corrected chi connectivity index (χ0v) is 15.5. The lowest BCUT2D eigenvalue weighted by molar-refractivity contribution is 0.0437. The molecule has 3 heterocycles. The molecule has 3 rings (SSSR count). The van der Waals surface area contributed by atoms with Crippen LogP contribution in [-0.2, 0) is 4.74 Å². The van der Waals surface area contributed by atoms with E-state index in [1.54, 1.807) is 6.92 Å². The summed E-state index contributed by atoms with van der Waals surface area (Å²) in [6.07, 6.45) is 3.26. The molecule has 2 aliphatic rings. The van der Waals surface area contributed by atoms with E-state index >= 15 is 0 Å². The Labute approximate surface area is 147 Å². The van der Waals surface area contributed by atoms with Crippen LogP contribution in [0.2, 0.25) is 0 Å². The molecule has 0 bridgehead atoms. The second kappa shape index (κ2) is 7.31. The van der Waals surface area contributed by atoms with Gasteiger partial charge in [0.2, 0.25) is 0 Å². The number of rotatable bonds is 5. The molecule has 1 N–H and O–H groups in total. The van der Waals surface area contributed by atoms with Crippen molar-refractivity contribution < 1.29 is 14.3 Å². The number of nitrogens with zero attached hydrogens (tertiary/aromatic N) is 1. The molecule has 1 amide bonds. The van der Waals surface area contributed by atoms with Crippen molar-refractivity contribution in [3.8, 4) is 0 Å². The van der Waals surface area contributed by atoms with Gasteiger partial charge in [0.1, 0.15) is 5.69 Å². The van der Waals surface area contributed by atoms with E-state index in [9.17, 15) is 9.59 Å². The van der Waals surface area contributed by atoms with Crippen molar-refractivity contribution in [2.24, 2.45) is 0 Å². The van der Waals surface area contributed by atoms with Crippen LogP contribution in [0.4, 0.5) is 0 Å². The number of thioether (sulfide) groups is 1. The van der Waals surface area contributed by atoms with Crippen molar-refractivity contribution in [2.75, 3.05) is 24.7 Å². The lowest BCUT2D eigenvalue weighted by Gasteiger charge is -2.30. The first kappa shape index (κ1) is 17.5. The molecule has 0 aliphatic carbocycles. The summed E-state index contributed by atoms with van der Waals surface area (Å²) >= 11 is 1.90. The largest absolute Gasteiger partial charge is 0.376 e. The Hall–Kier alpha value is -1.27. The van der Waals surface area contributed by atoms with Crippen LogP contribution < -0.4 is 0 Å². The van der Waals surface area contributed by atoms with Crippen LogP contribution in [-0.4, -0.2) is 58.4 Å². The third kappa shape index (κ3) is 3.40. The molecule has 0 aromatic carbocycles. The van der Waals surface area contributed by atoms with Crippen LogP contribution in [0, 0.1) is 13.8 Å². The van der Waals surface area contributed by atoms with E-state index in [0.29, 0.717) is 17.8 Å². The molecule has 2 saturated heterocycles. The van der Waals surface area contributed by atoms with E-state index in [4.69, 9.17) is 4.74 Å². The highest BCUT2D eigenvalue weighted by Gasteiger charge is 2.33. The zero-order chi connectivity index (χ0) is 17.3. The molecule has 0 unspecified atom stereocenters. The summed E-state index contributed by atoms with van der Waals surface area (Å²) in [6, 6.07) is 0.260. The SMILES string of the molecule is CC(=O)c1c(C)[nH]c(C(=O)N(C[C@@H]2CCCO2)[C@@H]2CCSC2)c1C. The Morgan fingerprint density at radius 1 is 1.33 bits per heavy atom. The molecule has 132 valence electrons. The Morgan fingerprint density at radius 2 is 2.12 bits per heavy atom. The highest BCUT2D eigenvalue weighted by atomic mass is 32.2. The van der Waals surface area contributed by atoms with Gasteiger partial charge in [0.05, 0.1) is 6.10 Å². The number of aryl methyl sites for hydroxylation is 1. The van der Waals surface area contributed by atoms with Gasteiger partial charge in [-0.25, -0.2) is 0 Å². The summed E-state index contributed by atoms with van der Waals surface area (Å²) in [6.45, 7) is 6.71. The van der Waals surface area contributed by atoms with E-state index in [-0.39, 0.29) is 23.8 Å². The Bertz CT molecular complexity index is 628. The number of Topliss-reactive ketones (excluding diaryl/α,β-unsaturated/α-hetero) is 1. The van der Waals surface area contributed by atoms with Crippen LogP contribution in [0.25, 0.3) is 0 Å². The minimum atomic E-state index is 0.00222. The fraction of sp³-hybridized carbons (Fsp3) is 0.667. The molecular formula is C18H26N2O3S. The first-order valence-corrected chi connectivity index (χ1v) is 9.85. The van der Waals surface area contributed by atoms with Crippen LogP contribution in [0.3, 0.4) is 0 Å². The zero-order valence-electron chi connectivity index (χ0n) is 14.7. The number of ether oxygens (including phenoxy) is 1. The lowest BCUT2D eigenvalue weighted by Crippen LogP contribution is -2.45. The summed E-state index contributed by atoms with van der Waals surface area (Å²) in [5.74, 6) is 2.09. The summed E-state index contributed by atoms with van der Waals surface area (Å²) < 4.78 is 5.76. The standard InChI is InChI=1S/C18H26N2O3S/c1-11-16(13(3)21)12(2)19-17(11)18(22)20(14-6-8-24-10-14)9-15-5-4-7-23-15/h14-15,19H,4-10H2,1-3H3/t14-,15+/m1/s1.